The molecule has 134 valence electrons. The molecule has 0 saturated carbocycles. The van der Waals surface area contributed by atoms with Gasteiger partial charge in [-0.3, -0.25) is 9.59 Å². The van der Waals surface area contributed by atoms with Crippen LogP contribution in [0.2, 0.25) is 0 Å². The van der Waals surface area contributed by atoms with E-state index in [2.05, 4.69) is 16.7 Å². The molecule has 2 aromatic carbocycles. The second kappa shape index (κ2) is 7.32. The summed E-state index contributed by atoms with van der Waals surface area (Å²) >= 11 is 0. The van der Waals surface area contributed by atoms with Crippen LogP contribution >= 0.6 is 0 Å². The summed E-state index contributed by atoms with van der Waals surface area (Å²) in [5.74, 6) is -0.121. The minimum atomic E-state index is -0.139. The number of hydrogen-bond donors (Lipinski definition) is 2. The molecule has 1 aliphatic heterocycles. The Morgan fingerprint density at radius 2 is 1.85 bits per heavy atom. The first-order valence-corrected chi connectivity index (χ1v) is 9.50. The van der Waals surface area contributed by atoms with Crippen LogP contribution in [0.15, 0.2) is 42.5 Å². The molecule has 2 N–H and O–H groups in total. The summed E-state index contributed by atoms with van der Waals surface area (Å²) in [6.07, 6.45) is 6.18. The first-order chi connectivity index (χ1) is 12.7. The van der Waals surface area contributed by atoms with Gasteiger partial charge in [-0.25, -0.2) is 0 Å². The van der Waals surface area contributed by atoms with Crippen molar-refractivity contribution in [3.8, 4) is 0 Å². The fourth-order valence-corrected chi connectivity index (χ4v) is 4.06. The molecule has 26 heavy (non-hydrogen) atoms. The number of carbonyl (C=O) groups is 2. The summed E-state index contributed by atoms with van der Waals surface area (Å²) in [4.78, 5) is 24.7. The van der Waals surface area contributed by atoms with E-state index in [-0.39, 0.29) is 17.7 Å². The van der Waals surface area contributed by atoms with E-state index in [1.54, 1.807) is 0 Å². The van der Waals surface area contributed by atoms with Gasteiger partial charge in [-0.1, -0.05) is 30.3 Å². The van der Waals surface area contributed by atoms with Gasteiger partial charge in [0.15, 0.2) is 0 Å². The number of benzene rings is 2. The van der Waals surface area contributed by atoms with Crippen LogP contribution in [0.1, 0.15) is 42.4 Å². The number of rotatable bonds is 4. The molecule has 1 atom stereocenters. The van der Waals surface area contributed by atoms with Crippen molar-refractivity contribution in [1.82, 2.24) is 0 Å². The molecule has 1 aliphatic carbocycles. The molecular weight excluding hydrogens is 324 g/mol. The second-order valence-corrected chi connectivity index (χ2v) is 7.28. The normalized spacial score (nSPS) is 18.5. The van der Waals surface area contributed by atoms with Gasteiger partial charge >= 0.3 is 0 Å². The standard InChI is InChI=1S/C22H24N2O2/c25-21(23-20-11-5-8-15-6-1-3-9-18(15)20)13-12-17-14-16-7-2-4-10-19(16)24-22(17)26/h2,4-5,7-8,10-11,17H,1,3,6,9,12-14H2,(H,23,25)(H,24,26)/t17-/m1/s1. The minimum absolute atomic E-state index is 0.00404. The first kappa shape index (κ1) is 16.8. The zero-order valence-electron chi connectivity index (χ0n) is 14.9. The quantitative estimate of drug-likeness (QED) is 0.874. The van der Waals surface area contributed by atoms with Gasteiger partial charge in [0.05, 0.1) is 0 Å². The van der Waals surface area contributed by atoms with Crippen LogP contribution in [0.4, 0.5) is 11.4 Å². The zero-order valence-corrected chi connectivity index (χ0v) is 14.9. The van der Waals surface area contributed by atoms with Crippen LogP contribution in [0.3, 0.4) is 0 Å². The van der Waals surface area contributed by atoms with E-state index in [4.69, 9.17) is 0 Å². The summed E-state index contributed by atoms with van der Waals surface area (Å²) < 4.78 is 0. The maximum Gasteiger partial charge on any atom is 0.227 e. The van der Waals surface area contributed by atoms with Gasteiger partial charge in [-0.05, 0) is 67.3 Å². The van der Waals surface area contributed by atoms with Crippen molar-refractivity contribution in [3.63, 3.8) is 0 Å². The van der Waals surface area contributed by atoms with Gasteiger partial charge in [0.2, 0.25) is 11.8 Å². The average molecular weight is 348 g/mol. The van der Waals surface area contributed by atoms with E-state index in [9.17, 15) is 9.59 Å². The number of nitrogens with one attached hydrogen (secondary N) is 2. The zero-order chi connectivity index (χ0) is 17.9. The molecule has 4 heteroatoms. The molecule has 0 spiro atoms. The molecule has 0 unspecified atom stereocenters. The Hall–Kier alpha value is -2.62. The predicted molar refractivity (Wildman–Crippen MR) is 103 cm³/mol. The number of anilines is 2. The van der Waals surface area contributed by atoms with E-state index >= 15 is 0 Å². The van der Waals surface area contributed by atoms with Crippen LogP contribution in [0.25, 0.3) is 0 Å². The molecule has 2 aliphatic rings. The molecule has 0 saturated heterocycles. The van der Waals surface area contributed by atoms with Crippen molar-refractivity contribution in [3.05, 3.63) is 59.2 Å². The van der Waals surface area contributed by atoms with Crippen molar-refractivity contribution in [2.75, 3.05) is 10.6 Å². The third-order valence-electron chi connectivity index (χ3n) is 5.50. The molecule has 0 fully saturated rings. The molecule has 0 bridgehead atoms. The summed E-state index contributed by atoms with van der Waals surface area (Å²) in [6.45, 7) is 0. The van der Waals surface area contributed by atoms with E-state index in [0.717, 1.165) is 29.8 Å². The number of aryl methyl sites for hydroxylation is 1. The number of fused-ring (bicyclic) bond motifs is 2. The Morgan fingerprint density at radius 3 is 2.77 bits per heavy atom. The molecule has 2 amide bonds. The van der Waals surface area contributed by atoms with Gasteiger partial charge in [0.25, 0.3) is 0 Å². The van der Waals surface area contributed by atoms with Crippen LogP contribution in [-0.4, -0.2) is 11.8 Å². The van der Waals surface area contributed by atoms with E-state index in [1.807, 2.05) is 36.4 Å². The maximum absolute atomic E-state index is 12.5. The highest BCUT2D eigenvalue weighted by Crippen LogP contribution is 2.29. The summed E-state index contributed by atoms with van der Waals surface area (Å²) in [5.41, 5.74) is 5.64. The highest BCUT2D eigenvalue weighted by Gasteiger charge is 2.26. The highest BCUT2D eigenvalue weighted by atomic mass is 16.2. The predicted octanol–water partition coefficient (Wildman–Crippen LogP) is 4.10. The van der Waals surface area contributed by atoms with Crippen LogP contribution in [0.5, 0.6) is 0 Å². The van der Waals surface area contributed by atoms with Crippen molar-refractivity contribution >= 4 is 23.2 Å². The molecular formula is C22H24N2O2. The first-order valence-electron chi connectivity index (χ1n) is 9.50. The Balaban J connectivity index is 1.37. The lowest BCUT2D eigenvalue weighted by Gasteiger charge is -2.24. The van der Waals surface area contributed by atoms with Crippen LogP contribution in [0, 0.1) is 5.92 Å². The fourth-order valence-electron chi connectivity index (χ4n) is 4.06. The van der Waals surface area contributed by atoms with Crippen molar-refractivity contribution in [2.45, 2.75) is 44.9 Å². The lowest BCUT2D eigenvalue weighted by Crippen LogP contribution is -2.30. The smallest absolute Gasteiger partial charge is 0.227 e. The number of amides is 2. The Morgan fingerprint density at radius 1 is 1.04 bits per heavy atom. The molecule has 4 rings (SSSR count). The van der Waals surface area contributed by atoms with Crippen molar-refractivity contribution in [1.29, 1.82) is 0 Å². The topological polar surface area (TPSA) is 58.2 Å². The molecule has 2 aromatic rings. The summed E-state index contributed by atoms with van der Waals surface area (Å²) in [6, 6.07) is 14.0. The maximum atomic E-state index is 12.5. The second-order valence-electron chi connectivity index (χ2n) is 7.28. The summed E-state index contributed by atoms with van der Waals surface area (Å²) in [7, 11) is 0. The Kier molecular flexibility index (Phi) is 4.74. The van der Waals surface area contributed by atoms with Gasteiger partial charge in [-0.2, -0.15) is 0 Å². The highest BCUT2D eigenvalue weighted by molar-refractivity contribution is 5.96. The summed E-state index contributed by atoms with van der Waals surface area (Å²) in [5, 5.41) is 6.03. The Labute approximate surface area is 154 Å². The molecule has 4 nitrogen and oxygen atoms in total. The lowest BCUT2D eigenvalue weighted by molar-refractivity contribution is -0.121. The third kappa shape index (κ3) is 3.50. The monoisotopic (exact) mass is 348 g/mol. The Bertz CT molecular complexity index is 844. The lowest BCUT2D eigenvalue weighted by atomic mass is 9.89. The van der Waals surface area contributed by atoms with Gasteiger partial charge < -0.3 is 10.6 Å². The number of para-hydroxylation sites is 1. The average Bonchev–Trinajstić information content (AvgIpc) is 2.66. The van der Waals surface area contributed by atoms with Crippen LogP contribution in [-0.2, 0) is 28.9 Å². The molecule has 1 heterocycles. The third-order valence-corrected chi connectivity index (χ3v) is 5.50. The molecule has 0 aromatic heterocycles. The molecule has 0 radical (unpaired) electrons. The van der Waals surface area contributed by atoms with Crippen molar-refractivity contribution < 1.29 is 9.59 Å². The minimum Gasteiger partial charge on any atom is -0.326 e. The van der Waals surface area contributed by atoms with Gasteiger partial charge in [-0.15, -0.1) is 0 Å². The van der Waals surface area contributed by atoms with E-state index in [0.29, 0.717) is 19.3 Å². The van der Waals surface area contributed by atoms with Gasteiger partial charge in [0.1, 0.15) is 0 Å². The van der Waals surface area contributed by atoms with E-state index in [1.165, 1.54) is 24.0 Å². The van der Waals surface area contributed by atoms with Crippen LogP contribution < -0.4 is 10.6 Å². The van der Waals surface area contributed by atoms with Gasteiger partial charge in [0, 0.05) is 23.7 Å². The van der Waals surface area contributed by atoms with Crippen molar-refractivity contribution in [2.24, 2.45) is 5.92 Å². The SMILES string of the molecule is O=C(CC[C@@H]1Cc2ccccc2NC1=O)Nc1cccc2c1CCCC2. The largest absolute Gasteiger partial charge is 0.326 e. The number of hydrogen-bond acceptors (Lipinski definition) is 2. The number of carbonyl (C=O) groups excluding carboxylic acids is 2. The van der Waals surface area contributed by atoms with E-state index < -0.39 is 0 Å². The fraction of sp³-hybridized carbons (Fsp3) is 0.364.